The van der Waals surface area contributed by atoms with E-state index >= 15 is 0 Å². The minimum absolute atomic E-state index is 0.0440. The largest absolute Gasteiger partial charge is 0.465 e. The lowest BCUT2D eigenvalue weighted by atomic mass is 9.85. The van der Waals surface area contributed by atoms with E-state index in [2.05, 4.69) is 0 Å². The van der Waals surface area contributed by atoms with Crippen LogP contribution in [0.3, 0.4) is 0 Å². The summed E-state index contributed by atoms with van der Waals surface area (Å²) in [6, 6.07) is 0. The van der Waals surface area contributed by atoms with Crippen molar-refractivity contribution in [3.05, 3.63) is 12.2 Å². The van der Waals surface area contributed by atoms with Gasteiger partial charge in [-0.15, -0.1) is 0 Å². The van der Waals surface area contributed by atoms with Crippen molar-refractivity contribution in [3.63, 3.8) is 0 Å². The van der Waals surface area contributed by atoms with E-state index in [1.165, 1.54) is 0 Å². The number of carbonyl (C=O) groups excluding carboxylic acids is 1. The quantitative estimate of drug-likeness (QED) is 0.332. The van der Waals surface area contributed by atoms with Gasteiger partial charge in [-0.25, -0.2) is 0 Å². The SMILES string of the molecule is O=C1OC[C@@H]2C=C[C@H]12. The fourth-order valence-corrected chi connectivity index (χ4v) is 1.07. The molecule has 2 atom stereocenters. The van der Waals surface area contributed by atoms with Crippen LogP contribution in [0, 0.1) is 11.8 Å². The number of ether oxygens (including phenoxy) is 1. The first-order valence-corrected chi connectivity index (χ1v) is 2.73. The third kappa shape index (κ3) is 0.312. The molecule has 1 aliphatic heterocycles. The summed E-state index contributed by atoms with van der Waals surface area (Å²) in [4.78, 5) is 10.6. The van der Waals surface area contributed by atoms with E-state index in [4.69, 9.17) is 4.74 Å². The van der Waals surface area contributed by atoms with Crippen molar-refractivity contribution < 1.29 is 9.53 Å². The minimum atomic E-state index is -0.0440. The van der Waals surface area contributed by atoms with Gasteiger partial charge in [0.1, 0.15) is 0 Å². The van der Waals surface area contributed by atoms with Crippen molar-refractivity contribution in [1.29, 1.82) is 0 Å². The van der Waals surface area contributed by atoms with Gasteiger partial charge in [0.2, 0.25) is 0 Å². The van der Waals surface area contributed by atoms with Crippen LogP contribution >= 0.6 is 0 Å². The molecule has 1 saturated heterocycles. The summed E-state index contributed by atoms with van der Waals surface area (Å²) in [5.74, 6) is 0.495. The summed E-state index contributed by atoms with van der Waals surface area (Å²) in [6.45, 7) is 0.611. The van der Waals surface area contributed by atoms with E-state index in [1.807, 2.05) is 12.2 Å². The van der Waals surface area contributed by atoms with Gasteiger partial charge < -0.3 is 4.74 Å². The number of rotatable bonds is 0. The molecule has 42 valence electrons. The number of fused-ring (bicyclic) bond motifs is 1. The molecule has 0 N–H and O–H groups in total. The van der Waals surface area contributed by atoms with Gasteiger partial charge in [-0.3, -0.25) is 4.79 Å². The average molecular weight is 110 g/mol. The summed E-state index contributed by atoms with van der Waals surface area (Å²) in [5.41, 5.74) is 0. The summed E-state index contributed by atoms with van der Waals surface area (Å²) >= 11 is 0. The fourth-order valence-electron chi connectivity index (χ4n) is 1.07. The van der Waals surface area contributed by atoms with Gasteiger partial charge in [0.15, 0.2) is 0 Å². The van der Waals surface area contributed by atoms with Crippen molar-refractivity contribution in [2.24, 2.45) is 11.8 Å². The van der Waals surface area contributed by atoms with Crippen LogP contribution in [0.15, 0.2) is 12.2 Å². The number of carbonyl (C=O) groups is 1. The molecule has 0 radical (unpaired) electrons. The van der Waals surface area contributed by atoms with E-state index in [-0.39, 0.29) is 11.9 Å². The second kappa shape index (κ2) is 1.13. The summed E-state index contributed by atoms with van der Waals surface area (Å²) < 4.78 is 4.74. The molecule has 1 heterocycles. The Hall–Kier alpha value is -0.790. The second-order valence-corrected chi connectivity index (χ2v) is 2.20. The Morgan fingerprint density at radius 2 is 2.50 bits per heavy atom. The zero-order chi connectivity index (χ0) is 5.56. The average Bonchev–Trinajstić information content (AvgIpc) is 1.80. The lowest BCUT2D eigenvalue weighted by Gasteiger charge is -2.13. The lowest BCUT2D eigenvalue weighted by molar-refractivity contribution is -0.140. The molecule has 0 aromatic rings. The van der Waals surface area contributed by atoms with Crippen molar-refractivity contribution >= 4 is 5.97 Å². The molecule has 0 bridgehead atoms. The zero-order valence-electron chi connectivity index (χ0n) is 4.33. The van der Waals surface area contributed by atoms with Crippen LogP contribution in [-0.2, 0) is 9.53 Å². The maximum absolute atomic E-state index is 10.6. The third-order valence-electron chi connectivity index (χ3n) is 1.72. The van der Waals surface area contributed by atoms with Crippen LogP contribution in [0.25, 0.3) is 0 Å². The van der Waals surface area contributed by atoms with Crippen molar-refractivity contribution in [3.8, 4) is 0 Å². The van der Waals surface area contributed by atoms with Crippen LogP contribution in [-0.4, -0.2) is 12.6 Å². The first-order valence-electron chi connectivity index (χ1n) is 2.73. The summed E-state index contributed by atoms with van der Waals surface area (Å²) in [7, 11) is 0. The van der Waals surface area contributed by atoms with Crippen molar-refractivity contribution in [2.75, 3.05) is 6.61 Å². The van der Waals surface area contributed by atoms with E-state index in [9.17, 15) is 4.79 Å². The van der Waals surface area contributed by atoms with Crippen molar-refractivity contribution in [2.45, 2.75) is 0 Å². The molecule has 0 aromatic carbocycles. The van der Waals surface area contributed by atoms with Gasteiger partial charge in [0, 0.05) is 5.92 Å². The third-order valence-corrected chi connectivity index (χ3v) is 1.72. The van der Waals surface area contributed by atoms with Gasteiger partial charge in [-0.05, 0) is 0 Å². The highest BCUT2D eigenvalue weighted by atomic mass is 16.5. The predicted molar refractivity (Wildman–Crippen MR) is 27.1 cm³/mol. The molecule has 0 unspecified atom stereocenters. The molecule has 2 heteroatoms. The first kappa shape index (κ1) is 4.13. The van der Waals surface area contributed by atoms with E-state index < -0.39 is 0 Å². The Kier molecular flexibility index (Phi) is 0.583. The fraction of sp³-hybridized carbons (Fsp3) is 0.500. The van der Waals surface area contributed by atoms with Crippen LogP contribution in [0.2, 0.25) is 0 Å². The Morgan fingerprint density at radius 3 is 2.75 bits per heavy atom. The van der Waals surface area contributed by atoms with E-state index in [0.717, 1.165) is 0 Å². The topological polar surface area (TPSA) is 26.3 Å². The number of cyclic esters (lactones) is 1. The predicted octanol–water partition coefficient (Wildman–Crippen LogP) is 0.345. The molecule has 0 saturated carbocycles. The first-order chi connectivity index (χ1) is 3.88. The summed E-state index contributed by atoms with van der Waals surface area (Å²) in [5, 5.41) is 0. The summed E-state index contributed by atoms with van der Waals surface area (Å²) in [6.07, 6.45) is 3.93. The van der Waals surface area contributed by atoms with Crippen LogP contribution in [0.5, 0.6) is 0 Å². The van der Waals surface area contributed by atoms with Gasteiger partial charge in [-0.1, -0.05) is 12.2 Å². The normalized spacial score (nSPS) is 40.8. The van der Waals surface area contributed by atoms with E-state index in [1.54, 1.807) is 0 Å². The molecule has 0 amide bonds. The minimum Gasteiger partial charge on any atom is -0.465 e. The molecule has 2 nitrogen and oxygen atoms in total. The molecule has 8 heavy (non-hydrogen) atoms. The Balaban J connectivity index is 2.27. The van der Waals surface area contributed by atoms with Gasteiger partial charge in [0.25, 0.3) is 0 Å². The highest BCUT2D eigenvalue weighted by molar-refractivity contribution is 5.79. The monoisotopic (exact) mass is 110 g/mol. The van der Waals surface area contributed by atoms with Gasteiger partial charge >= 0.3 is 5.97 Å². The van der Waals surface area contributed by atoms with E-state index in [0.29, 0.717) is 12.5 Å². The second-order valence-electron chi connectivity index (χ2n) is 2.20. The Labute approximate surface area is 47.1 Å². The molecule has 2 aliphatic rings. The van der Waals surface area contributed by atoms with Gasteiger partial charge in [0.05, 0.1) is 12.5 Å². The molecular formula is C6H6O2. The van der Waals surface area contributed by atoms with Crippen LogP contribution < -0.4 is 0 Å². The Morgan fingerprint density at radius 1 is 1.62 bits per heavy atom. The number of hydrogen-bond donors (Lipinski definition) is 0. The van der Waals surface area contributed by atoms with Gasteiger partial charge in [-0.2, -0.15) is 0 Å². The number of hydrogen-bond acceptors (Lipinski definition) is 2. The maximum Gasteiger partial charge on any atom is 0.313 e. The standard InChI is InChI=1S/C6H6O2/c7-6-5-2-1-4(5)3-8-6/h1-2,4-5H,3H2/t4-,5-/m0/s1. The zero-order valence-corrected chi connectivity index (χ0v) is 4.33. The Bertz CT molecular complexity index is 160. The molecule has 0 spiro atoms. The molecule has 0 aromatic heterocycles. The molecule has 2 rings (SSSR count). The van der Waals surface area contributed by atoms with Crippen LogP contribution in [0.1, 0.15) is 0 Å². The van der Waals surface area contributed by atoms with Crippen LogP contribution in [0.4, 0.5) is 0 Å². The molecular weight excluding hydrogens is 104 g/mol. The highest BCUT2D eigenvalue weighted by Gasteiger charge is 2.38. The van der Waals surface area contributed by atoms with Crippen molar-refractivity contribution in [1.82, 2.24) is 0 Å². The number of esters is 1. The maximum atomic E-state index is 10.6. The smallest absolute Gasteiger partial charge is 0.313 e. The molecule has 1 aliphatic carbocycles. The molecule has 1 fully saturated rings. The lowest BCUT2D eigenvalue weighted by Crippen LogP contribution is -2.18. The highest BCUT2D eigenvalue weighted by Crippen LogP contribution is 2.32.